The van der Waals surface area contributed by atoms with Crippen LogP contribution in [0, 0.1) is 0 Å². The van der Waals surface area contributed by atoms with E-state index in [-0.39, 0.29) is 6.54 Å². The Morgan fingerprint density at radius 3 is 2.81 bits per heavy atom. The fraction of sp³-hybridized carbons (Fsp3) is 0.455. The summed E-state index contributed by atoms with van der Waals surface area (Å²) in [4.78, 5) is 0. The highest BCUT2D eigenvalue weighted by Crippen LogP contribution is 2.12. The Hall–Kier alpha value is -1.20. The first-order valence-corrected chi connectivity index (χ1v) is 4.93. The molecule has 0 aromatic heterocycles. The molecule has 0 radical (unpaired) electrons. The molecule has 1 atom stereocenters. The zero-order valence-electron chi connectivity index (χ0n) is 8.99. The molecule has 0 heterocycles. The van der Waals surface area contributed by atoms with Crippen molar-refractivity contribution < 1.29 is 18.6 Å². The second kappa shape index (κ2) is 6.40. The van der Waals surface area contributed by atoms with E-state index >= 15 is 0 Å². The first kappa shape index (κ1) is 12.9. The number of alkyl halides is 2. The van der Waals surface area contributed by atoms with Crippen LogP contribution < -0.4 is 10.1 Å². The molecule has 1 aromatic rings. The van der Waals surface area contributed by atoms with E-state index in [0.717, 1.165) is 5.56 Å². The van der Waals surface area contributed by atoms with Gasteiger partial charge in [0.25, 0.3) is 6.43 Å². The number of aliphatic hydroxyl groups is 1. The molecule has 0 amide bonds. The number of halogens is 2. The third kappa shape index (κ3) is 4.12. The van der Waals surface area contributed by atoms with Gasteiger partial charge in [0.2, 0.25) is 0 Å². The molecule has 0 spiro atoms. The average Bonchev–Trinajstić information content (AvgIpc) is 2.29. The molecule has 1 unspecified atom stereocenters. The van der Waals surface area contributed by atoms with Crippen molar-refractivity contribution in [2.45, 2.75) is 19.1 Å². The number of hydrogen-bond donors (Lipinski definition) is 2. The summed E-state index contributed by atoms with van der Waals surface area (Å²) in [6.07, 6.45) is -4.33. The normalized spacial score (nSPS) is 12.8. The van der Waals surface area contributed by atoms with Crippen LogP contribution in [-0.4, -0.2) is 31.3 Å². The molecule has 0 saturated carbocycles. The lowest BCUT2D eigenvalue weighted by Gasteiger charge is -2.11. The molecule has 3 nitrogen and oxygen atoms in total. The summed E-state index contributed by atoms with van der Waals surface area (Å²) in [7, 11) is 1.56. The molecule has 0 aliphatic carbocycles. The summed E-state index contributed by atoms with van der Waals surface area (Å²) < 4.78 is 28.9. The minimum atomic E-state index is -2.71. The van der Waals surface area contributed by atoms with E-state index in [1.807, 2.05) is 18.2 Å². The van der Waals surface area contributed by atoms with Crippen molar-refractivity contribution in [3.63, 3.8) is 0 Å². The highest BCUT2D eigenvalue weighted by molar-refractivity contribution is 5.28. The maximum absolute atomic E-state index is 12.0. The van der Waals surface area contributed by atoms with Gasteiger partial charge in [-0.15, -0.1) is 0 Å². The van der Waals surface area contributed by atoms with Crippen molar-refractivity contribution in [3.8, 4) is 5.75 Å². The largest absolute Gasteiger partial charge is 0.497 e. The Bertz CT molecular complexity index is 321. The van der Waals surface area contributed by atoms with Gasteiger partial charge < -0.3 is 15.2 Å². The van der Waals surface area contributed by atoms with Crippen molar-refractivity contribution in [2.75, 3.05) is 13.7 Å². The Labute approximate surface area is 93.0 Å². The predicted octanol–water partition coefficient (Wildman–Crippen LogP) is 1.41. The van der Waals surface area contributed by atoms with E-state index in [9.17, 15) is 8.78 Å². The molecule has 2 N–H and O–H groups in total. The van der Waals surface area contributed by atoms with Crippen molar-refractivity contribution in [1.29, 1.82) is 0 Å². The Balaban J connectivity index is 2.37. The second-order valence-electron chi connectivity index (χ2n) is 3.38. The Morgan fingerprint density at radius 1 is 1.44 bits per heavy atom. The van der Waals surface area contributed by atoms with Gasteiger partial charge >= 0.3 is 0 Å². The summed E-state index contributed by atoms with van der Waals surface area (Å²) in [5.74, 6) is 0.716. The third-order valence-corrected chi connectivity index (χ3v) is 2.11. The monoisotopic (exact) mass is 231 g/mol. The van der Waals surface area contributed by atoms with Crippen LogP contribution in [0.5, 0.6) is 5.75 Å². The number of aliphatic hydroxyl groups excluding tert-OH is 1. The third-order valence-electron chi connectivity index (χ3n) is 2.11. The lowest BCUT2D eigenvalue weighted by atomic mass is 10.2. The highest BCUT2D eigenvalue weighted by atomic mass is 19.3. The molecular weight excluding hydrogens is 216 g/mol. The van der Waals surface area contributed by atoms with Crippen molar-refractivity contribution in [2.24, 2.45) is 0 Å². The second-order valence-corrected chi connectivity index (χ2v) is 3.38. The van der Waals surface area contributed by atoms with Gasteiger partial charge in [-0.25, -0.2) is 8.78 Å². The molecule has 16 heavy (non-hydrogen) atoms. The molecule has 5 heteroatoms. The van der Waals surface area contributed by atoms with Crippen LogP contribution in [0.4, 0.5) is 8.78 Å². The zero-order chi connectivity index (χ0) is 12.0. The van der Waals surface area contributed by atoms with Crippen LogP contribution in [0.1, 0.15) is 5.56 Å². The van der Waals surface area contributed by atoms with E-state index in [2.05, 4.69) is 5.32 Å². The summed E-state index contributed by atoms with van der Waals surface area (Å²) >= 11 is 0. The molecule has 0 aliphatic heterocycles. The van der Waals surface area contributed by atoms with Gasteiger partial charge in [0.05, 0.1) is 7.11 Å². The number of ether oxygens (including phenoxy) is 1. The first-order valence-electron chi connectivity index (χ1n) is 4.93. The van der Waals surface area contributed by atoms with Crippen LogP contribution in [0.2, 0.25) is 0 Å². The van der Waals surface area contributed by atoms with Crippen molar-refractivity contribution in [1.82, 2.24) is 5.32 Å². The van der Waals surface area contributed by atoms with Gasteiger partial charge in [-0.3, -0.25) is 0 Å². The van der Waals surface area contributed by atoms with Gasteiger partial charge in [-0.1, -0.05) is 12.1 Å². The van der Waals surface area contributed by atoms with Gasteiger partial charge in [-0.2, -0.15) is 0 Å². The number of nitrogens with one attached hydrogen (secondary N) is 1. The molecule has 1 rings (SSSR count). The molecule has 0 aliphatic rings. The van der Waals surface area contributed by atoms with Gasteiger partial charge in [0, 0.05) is 13.1 Å². The van der Waals surface area contributed by atoms with Crippen LogP contribution in [0.15, 0.2) is 24.3 Å². The average molecular weight is 231 g/mol. The summed E-state index contributed by atoms with van der Waals surface area (Å²) in [6.45, 7) is 0.288. The summed E-state index contributed by atoms with van der Waals surface area (Å²) in [6, 6.07) is 7.28. The van der Waals surface area contributed by atoms with E-state index in [4.69, 9.17) is 9.84 Å². The van der Waals surface area contributed by atoms with Crippen LogP contribution in [0.25, 0.3) is 0 Å². The van der Waals surface area contributed by atoms with E-state index in [1.54, 1.807) is 13.2 Å². The predicted molar refractivity (Wildman–Crippen MR) is 56.7 cm³/mol. The Morgan fingerprint density at radius 2 is 2.19 bits per heavy atom. The fourth-order valence-corrected chi connectivity index (χ4v) is 1.24. The van der Waals surface area contributed by atoms with Gasteiger partial charge in [-0.05, 0) is 17.7 Å². The van der Waals surface area contributed by atoms with Crippen molar-refractivity contribution in [3.05, 3.63) is 29.8 Å². The number of rotatable bonds is 6. The minimum Gasteiger partial charge on any atom is -0.497 e. The summed E-state index contributed by atoms with van der Waals surface area (Å²) in [5, 5.41) is 11.6. The van der Waals surface area contributed by atoms with Gasteiger partial charge in [0.1, 0.15) is 11.9 Å². The molecule has 1 aromatic carbocycles. The van der Waals surface area contributed by atoms with Gasteiger partial charge in [0.15, 0.2) is 0 Å². The SMILES string of the molecule is COc1cccc(CNCC(O)C(F)F)c1. The van der Waals surface area contributed by atoms with E-state index in [1.165, 1.54) is 0 Å². The fourth-order valence-electron chi connectivity index (χ4n) is 1.24. The first-order chi connectivity index (χ1) is 7.63. The topological polar surface area (TPSA) is 41.5 Å². The Kier molecular flexibility index (Phi) is 5.14. The maximum atomic E-state index is 12.0. The van der Waals surface area contributed by atoms with Crippen LogP contribution in [-0.2, 0) is 6.54 Å². The number of benzene rings is 1. The number of hydrogen-bond acceptors (Lipinski definition) is 3. The standard InChI is InChI=1S/C11H15F2NO2/c1-16-9-4-2-3-8(5-9)6-14-7-10(15)11(12)13/h2-5,10-11,14-15H,6-7H2,1H3. The lowest BCUT2D eigenvalue weighted by Crippen LogP contribution is -2.31. The highest BCUT2D eigenvalue weighted by Gasteiger charge is 2.15. The minimum absolute atomic E-state index is 0.130. The lowest BCUT2D eigenvalue weighted by molar-refractivity contribution is -0.00340. The molecule has 0 saturated heterocycles. The molecule has 0 bridgehead atoms. The van der Waals surface area contributed by atoms with E-state index < -0.39 is 12.5 Å². The molecular formula is C11H15F2NO2. The smallest absolute Gasteiger partial charge is 0.265 e. The maximum Gasteiger partial charge on any atom is 0.265 e. The van der Waals surface area contributed by atoms with Crippen LogP contribution >= 0.6 is 0 Å². The van der Waals surface area contributed by atoms with Crippen molar-refractivity contribution >= 4 is 0 Å². The molecule has 0 fully saturated rings. The number of methoxy groups -OCH3 is 1. The zero-order valence-corrected chi connectivity index (χ0v) is 8.99. The molecule has 90 valence electrons. The van der Waals surface area contributed by atoms with E-state index in [0.29, 0.717) is 12.3 Å². The quantitative estimate of drug-likeness (QED) is 0.777. The van der Waals surface area contributed by atoms with Crippen LogP contribution in [0.3, 0.4) is 0 Å². The summed E-state index contributed by atoms with van der Waals surface area (Å²) in [5.41, 5.74) is 0.917.